The van der Waals surface area contributed by atoms with Gasteiger partial charge in [0, 0.05) is 6.61 Å². The summed E-state index contributed by atoms with van der Waals surface area (Å²) in [7, 11) is 0. The molecule has 0 saturated carbocycles. The number of hydrogen-bond donors (Lipinski definition) is 2. The van der Waals surface area contributed by atoms with E-state index in [0.717, 1.165) is 0 Å². The molecule has 0 aromatic rings. The van der Waals surface area contributed by atoms with Gasteiger partial charge in [-0.2, -0.15) is 8.78 Å². The second-order valence-corrected chi connectivity index (χ2v) is 1.48. The van der Waals surface area contributed by atoms with E-state index in [9.17, 15) is 8.78 Å². The largest absolute Gasteiger partial charge is 0.362 e. The Morgan fingerprint density at radius 1 is 1.78 bits per heavy atom. The number of ether oxygens (including phenoxy) is 1. The van der Waals surface area contributed by atoms with Crippen molar-refractivity contribution in [2.75, 3.05) is 6.61 Å². The molecular formula is C4H9F2NO2. The van der Waals surface area contributed by atoms with Crippen LogP contribution in [-0.2, 0) is 4.74 Å². The van der Waals surface area contributed by atoms with E-state index in [0.29, 0.717) is 0 Å². The van der Waals surface area contributed by atoms with E-state index in [-0.39, 0.29) is 6.61 Å². The molecular weight excluding hydrogens is 132 g/mol. The van der Waals surface area contributed by atoms with Crippen molar-refractivity contribution in [3.05, 3.63) is 0 Å². The maximum absolute atomic E-state index is 11.7. The normalized spacial score (nSPS) is 15.7. The quantitative estimate of drug-likeness (QED) is 0.426. The van der Waals surface area contributed by atoms with Gasteiger partial charge in [0.1, 0.15) is 0 Å². The topological polar surface area (TPSA) is 55.5 Å². The summed E-state index contributed by atoms with van der Waals surface area (Å²) in [6, 6.07) is -3.66. The van der Waals surface area contributed by atoms with Crippen molar-refractivity contribution < 1.29 is 18.6 Å². The van der Waals surface area contributed by atoms with Crippen LogP contribution in [0.1, 0.15) is 6.92 Å². The third-order valence-electron chi connectivity index (χ3n) is 0.654. The number of aliphatic hydroxyl groups is 1. The molecule has 0 aromatic heterocycles. The first-order valence-electron chi connectivity index (χ1n) is 2.44. The lowest BCUT2D eigenvalue weighted by atomic mass is 10.5. The van der Waals surface area contributed by atoms with Gasteiger partial charge in [-0.3, -0.25) is 5.73 Å². The van der Waals surface area contributed by atoms with Gasteiger partial charge in [-0.25, -0.2) is 0 Å². The Labute approximate surface area is 51.4 Å². The molecule has 0 radical (unpaired) electrons. The molecule has 0 heterocycles. The average molecular weight is 141 g/mol. The first-order valence-corrected chi connectivity index (χ1v) is 2.44. The lowest BCUT2D eigenvalue weighted by Gasteiger charge is -2.16. The van der Waals surface area contributed by atoms with Gasteiger partial charge in [-0.05, 0) is 6.92 Å². The Morgan fingerprint density at radius 3 is 2.33 bits per heavy atom. The Balaban J connectivity index is 3.59. The van der Waals surface area contributed by atoms with Crippen LogP contribution >= 0.6 is 0 Å². The van der Waals surface area contributed by atoms with Crippen LogP contribution in [0.4, 0.5) is 8.78 Å². The fourth-order valence-corrected chi connectivity index (χ4v) is 0.269. The van der Waals surface area contributed by atoms with Crippen molar-refractivity contribution >= 4 is 0 Å². The van der Waals surface area contributed by atoms with Crippen molar-refractivity contribution in [3.8, 4) is 0 Å². The molecule has 0 aromatic carbocycles. The molecule has 3 N–H and O–H groups in total. The van der Waals surface area contributed by atoms with E-state index in [4.69, 9.17) is 5.11 Å². The van der Waals surface area contributed by atoms with Crippen LogP contribution < -0.4 is 5.73 Å². The predicted octanol–water partition coefficient (Wildman–Crippen LogP) is -0.107. The van der Waals surface area contributed by atoms with E-state index in [2.05, 4.69) is 10.5 Å². The van der Waals surface area contributed by atoms with Crippen molar-refractivity contribution in [2.24, 2.45) is 5.73 Å². The second kappa shape index (κ2) is 3.05. The predicted molar refractivity (Wildman–Crippen MR) is 26.8 cm³/mol. The molecule has 5 heteroatoms. The van der Waals surface area contributed by atoms with E-state index in [1.54, 1.807) is 0 Å². The summed E-state index contributed by atoms with van der Waals surface area (Å²) in [6.45, 7) is 1.49. The summed E-state index contributed by atoms with van der Waals surface area (Å²) in [6.07, 6.45) is -2.19. The number of aliphatic hydroxyl groups excluding tert-OH is 1. The highest BCUT2D eigenvalue weighted by atomic mass is 19.3. The first-order chi connectivity index (χ1) is 3.98. The molecule has 0 aliphatic rings. The van der Waals surface area contributed by atoms with Gasteiger partial charge in [0.15, 0.2) is 0 Å². The fourth-order valence-electron chi connectivity index (χ4n) is 0.269. The van der Waals surface area contributed by atoms with Gasteiger partial charge < -0.3 is 9.84 Å². The van der Waals surface area contributed by atoms with Crippen molar-refractivity contribution in [3.63, 3.8) is 0 Å². The molecule has 1 unspecified atom stereocenters. The van der Waals surface area contributed by atoms with Crippen LogP contribution in [0.15, 0.2) is 0 Å². The molecule has 0 spiro atoms. The van der Waals surface area contributed by atoms with Gasteiger partial charge in [0.2, 0.25) is 6.29 Å². The number of alkyl halides is 2. The number of nitrogens with two attached hydrogens (primary N) is 1. The lowest BCUT2D eigenvalue weighted by Crippen LogP contribution is -2.43. The number of halogens is 2. The van der Waals surface area contributed by atoms with E-state index >= 15 is 0 Å². The molecule has 0 aliphatic carbocycles. The fraction of sp³-hybridized carbons (Fsp3) is 1.00. The average Bonchev–Trinajstić information content (AvgIpc) is 1.64. The highest BCUT2D eigenvalue weighted by molar-refractivity contribution is 4.57. The second-order valence-electron chi connectivity index (χ2n) is 1.48. The van der Waals surface area contributed by atoms with Crippen LogP contribution in [0.2, 0.25) is 0 Å². The van der Waals surface area contributed by atoms with Crippen LogP contribution in [0.25, 0.3) is 0 Å². The standard InChI is InChI=1S/C4H9F2NO2/c1-2-9-3(8)4(5,6)7/h3,8H,2,7H2,1H3. The smallest absolute Gasteiger partial charge is 0.350 e. The lowest BCUT2D eigenvalue weighted by molar-refractivity contribution is -0.229. The van der Waals surface area contributed by atoms with Crippen LogP contribution in [0, 0.1) is 0 Å². The van der Waals surface area contributed by atoms with Crippen LogP contribution in [0.5, 0.6) is 0 Å². The molecule has 0 amide bonds. The Bertz CT molecular complexity index is 83.1. The number of rotatable bonds is 3. The maximum Gasteiger partial charge on any atom is 0.350 e. The van der Waals surface area contributed by atoms with E-state index in [1.807, 2.05) is 0 Å². The molecule has 56 valence electrons. The summed E-state index contributed by atoms with van der Waals surface area (Å²) in [5.74, 6) is 0. The minimum atomic E-state index is -3.66. The summed E-state index contributed by atoms with van der Waals surface area (Å²) < 4.78 is 27.5. The minimum absolute atomic E-state index is 0.00789. The van der Waals surface area contributed by atoms with E-state index < -0.39 is 12.3 Å². The third kappa shape index (κ3) is 3.34. The van der Waals surface area contributed by atoms with Gasteiger partial charge in [-0.15, -0.1) is 0 Å². The van der Waals surface area contributed by atoms with Gasteiger partial charge >= 0.3 is 6.05 Å². The molecule has 0 saturated heterocycles. The minimum Gasteiger partial charge on any atom is -0.362 e. The monoisotopic (exact) mass is 141 g/mol. The van der Waals surface area contributed by atoms with Crippen molar-refractivity contribution in [2.45, 2.75) is 19.3 Å². The molecule has 0 bridgehead atoms. The van der Waals surface area contributed by atoms with Crippen molar-refractivity contribution in [1.82, 2.24) is 0 Å². The highest BCUT2D eigenvalue weighted by Gasteiger charge is 2.33. The van der Waals surface area contributed by atoms with Gasteiger partial charge in [0.05, 0.1) is 0 Å². The first kappa shape index (κ1) is 8.74. The Morgan fingerprint density at radius 2 is 2.22 bits per heavy atom. The summed E-state index contributed by atoms with van der Waals surface area (Å²) >= 11 is 0. The molecule has 0 aliphatic heterocycles. The Hall–Kier alpha value is -0.260. The SMILES string of the molecule is CCOC(O)C(N)(F)F. The molecule has 1 atom stereocenters. The maximum atomic E-state index is 11.7. The van der Waals surface area contributed by atoms with Gasteiger partial charge in [0.25, 0.3) is 0 Å². The summed E-state index contributed by atoms with van der Waals surface area (Å²) in [5, 5.41) is 8.29. The Kier molecular flexibility index (Phi) is 2.96. The molecule has 0 fully saturated rings. The van der Waals surface area contributed by atoms with Gasteiger partial charge in [-0.1, -0.05) is 0 Å². The molecule has 0 rings (SSSR count). The number of hydrogen-bond acceptors (Lipinski definition) is 3. The zero-order valence-electron chi connectivity index (χ0n) is 4.97. The summed E-state index contributed by atoms with van der Waals surface area (Å²) in [5.41, 5.74) is 4.16. The molecule has 9 heavy (non-hydrogen) atoms. The van der Waals surface area contributed by atoms with Crippen molar-refractivity contribution in [1.29, 1.82) is 0 Å². The highest BCUT2D eigenvalue weighted by Crippen LogP contribution is 2.10. The van der Waals surface area contributed by atoms with E-state index in [1.165, 1.54) is 6.92 Å². The zero-order chi connectivity index (χ0) is 7.49. The van der Waals surface area contributed by atoms with Crippen LogP contribution in [-0.4, -0.2) is 24.0 Å². The zero-order valence-corrected chi connectivity index (χ0v) is 4.97. The van der Waals surface area contributed by atoms with Crippen LogP contribution in [0.3, 0.4) is 0 Å². The third-order valence-corrected chi connectivity index (χ3v) is 0.654. The summed E-state index contributed by atoms with van der Waals surface area (Å²) in [4.78, 5) is 0. The molecule has 3 nitrogen and oxygen atoms in total.